The topological polar surface area (TPSA) is 68.0 Å². The number of nitrogens with zero attached hydrogens (tertiary/aromatic N) is 2. The van der Waals surface area contributed by atoms with E-state index in [1.165, 1.54) is 17.8 Å². The lowest BCUT2D eigenvalue weighted by molar-refractivity contribution is 0.0920. The number of nitrogens with one attached hydrogen (secondary N) is 1. The zero-order valence-corrected chi connectivity index (χ0v) is 15.9. The molecule has 6 heteroatoms. The van der Waals surface area contributed by atoms with Gasteiger partial charge in [0.1, 0.15) is 15.6 Å². The van der Waals surface area contributed by atoms with Gasteiger partial charge in [-0.05, 0) is 58.1 Å². The summed E-state index contributed by atoms with van der Waals surface area (Å²) in [5, 5.41) is 8.07. The molecule has 0 unspecified atom stereocenters. The van der Waals surface area contributed by atoms with Crippen LogP contribution in [-0.4, -0.2) is 22.1 Å². The average Bonchev–Trinajstić information content (AvgIpc) is 3.09. The molecule has 0 atom stereocenters. The third kappa shape index (κ3) is 4.18. The summed E-state index contributed by atoms with van der Waals surface area (Å²) in [6, 6.07) is 0.341. The minimum atomic E-state index is 0.00384. The van der Waals surface area contributed by atoms with Gasteiger partial charge in [-0.1, -0.05) is 18.5 Å². The van der Waals surface area contributed by atoms with Gasteiger partial charge in [0.2, 0.25) is 0 Å². The minimum absolute atomic E-state index is 0.00384. The molecule has 0 spiro atoms. The zero-order chi connectivity index (χ0) is 17.8. The van der Waals surface area contributed by atoms with E-state index in [1.807, 2.05) is 26.0 Å². The summed E-state index contributed by atoms with van der Waals surface area (Å²) in [5.41, 5.74) is 2.81. The third-order valence-corrected chi connectivity index (χ3v) is 5.72. The highest BCUT2D eigenvalue weighted by molar-refractivity contribution is 7.14. The van der Waals surface area contributed by atoms with Crippen molar-refractivity contribution in [3.63, 3.8) is 0 Å². The Balaban J connectivity index is 1.73. The third-order valence-electron chi connectivity index (χ3n) is 4.60. The van der Waals surface area contributed by atoms with Crippen molar-refractivity contribution in [1.82, 2.24) is 15.5 Å². The van der Waals surface area contributed by atoms with Crippen molar-refractivity contribution in [1.29, 1.82) is 0 Å². The molecule has 0 aromatic carbocycles. The first-order chi connectivity index (χ1) is 12.1. The first-order valence-electron chi connectivity index (χ1n) is 9.00. The molecule has 134 valence electrons. The number of carbonyl (C=O) groups excluding carboxylic acids is 1. The van der Waals surface area contributed by atoms with Crippen LogP contribution < -0.4 is 5.32 Å². The monoisotopic (exact) mass is 359 g/mol. The SMILES string of the molecule is CCCCc1noc(C)c1/C=C/c1nc(C)c(C(=O)NC2CCC2)s1. The summed E-state index contributed by atoms with van der Waals surface area (Å²) in [7, 11) is 0. The number of amides is 1. The first kappa shape index (κ1) is 17.9. The molecule has 1 amide bonds. The van der Waals surface area contributed by atoms with Gasteiger partial charge >= 0.3 is 0 Å². The summed E-state index contributed by atoms with van der Waals surface area (Å²) in [4.78, 5) is 17.6. The van der Waals surface area contributed by atoms with Gasteiger partial charge in [-0.15, -0.1) is 11.3 Å². The van der Waals surface area contributed by atoms with Crippen molar-refractivity contribution >= 4 is 29.4 Å². The van der Waals surface area contributed by atoms with Crippen LogP contribution >= 0.6 is 11.3 Å². The number of unbranched alkanes of at least 4 members (excludes halogenated alkanes) is 1. The van der Waals surface area contributed by atoms with Gasteiger partial charge in [-0.2, -0.15) is 0 Å². The van der Waals surface area contributed by atoms with Gasteiger partial charge in [-0.25, -0.2) is 4.98 Å². The standard InChI is InChI=1S/C19H25N3O2S/c1-4-5-9-16-15(13(3)24-22-16)10-11-17-20-12(2)18(25-17)19(23)21-14-7-6-8-14/h10-11,14H,4-9H2,1-3H3,(H,21,23)/b11-10+. The molecule has 0 saturated heterocycles. The van der Waals surface area contributed by atoms with Gasteiger partial charge in [0.05, 0.1) is 11.4 Å². The fraction of sp³-hybridized carbons (Fsp3) is 0.526. The Morgan fingerprint density at radius 1 is 1.36 bits per heavy atom. The van der Waals surface area contributed by atoms with Crippen LogP contribution in [0.15, 0.2) is 4.52 Å². The highest BCUT2D eigenvalue weighted by Crippen LogP contribution is 2.24. The summed E-state index contributed by atoms with van der Waals surface area (Å²) in [5.74, 6) is 0.822. The van der Waals surface area contributed by atoms with Gasteiger partial charge < -0.3 is 9.84 Å². The lowest BCUT2D eigenvalue weighted by Crippen LogP contribution is -2.39. The molecular weight excluding hydrogens is 334 g/mol. The van der Waals surface area contributed by atoms with Crippen molar-refractivity contribution < 1.29 is 9.32 Å². The van der Waals surface area contributed by atoms with E-state index in [1.54, 1.807) is 0 Å². The number of hydrogen-bond donors (Lipinski definition) is 1. The average molecular weight is 359 g/mol. The summed E-state index contributed by atoms with van der Waals surface area (Å²) < 4.78 is 5.33. The number of thiazole rings is 1. The van der Waals surface area contributed by atoms with E-state index in [0.717, 1.165) is 59.8 Å². The van der Waals surface area contributed by atoms with Crippen LogP contribution in [0.25, 0.3) is 12.2 Å². The number of rotatable bonds is 7. The summed E-state index contributed by atoms with van der Waals surface area (Å²) in [6.45, 7) is 5.98. The van der Waals surface area contributed by atoms with Gasteiger partial charge in [0, 0.05) is 11.6 Å². The first-order valence-corrected chi connectivity index (χ1v) is 9.81. The van der Waals surface area contributed by atoms with E-state index in [-0.39, 0.29) is 5.91 Å². The Kier molecular flexibility index (Phi) is 5.68. The van der Waals surface area contributed by atoms with E-state index in [2.05, 4.69) is 22.4 Å². The van der Waals surface area contributed by atoms with Gasteiger partial charge in [0.15, 0.2) is 0 Å². The maximum atomic E-state index is 12.4. The summed E-state index contributed by atoms with van der Waals surface area (Å²) in [6.07, 6.45) is 10.5. The van der Waals surface area contributed by atoms with Crippen LogP contribution in [0, 0.1) is 13.8 Å². The van der Waals surface area contributed by atoms with Crippen LogP contribution in [0.3, 0.4) is 0 Å². The fourth-order valence-corrected chi connectivity index (χ4v) is 3.69. The molecule has 0 radical (unpaired) electrons. The maximum Gasteiger partial charge on any atom is 0.263 e. The molecular formula is C19H25N3O2S. The maximum absolute atomic E-state index is 12.4. The molecule has 0 bridgehead atoms. The predicted molar refractivity (Wildman–Crippen MR) is 101 cm³/mol. The predicted octanol–water partition coefficient (Wildman–Crippen LogP) is 4.54. The van der Waals surface area contributed by atoms with E-state index in [0.29, 0.717) is 10.9 Å². The second-order valence-electron chi connectivity index (χ2n) is 6.60. The van der Waals surface area contributed by atoms with E-state index < -0.39 is 0 Å². The smallest absolute Gasteiger partial charge is 0.263 e. The van der Waals surface area contributed by atoms with Crippen molar-refractivity contribution in [2.75, 3.05) is 0 Å². The molecule has 2 aromatic rings. The lowest BCUT2D eigenvalue weighted by Gasteiger charge is -2.26. The highest BCUT2D eigenvalue weighted by Gasteiger charge is 2.22. The van der Waals surface area contributed by atoms with Gasteiger partial charge in [-0.3, -0.25) is 4.79 Å². The molecule has 1 aliphatic rings. The molecule has 25 heavy (non-hydrogen) atoms. The summed E-state index contributed by atoms with van der Waals surface area (Å²) >= 11 is 1.43. The Bertz CT molecular complexity index is 772. The molecule has 3 rings (SSSR count). The van der Waals surface area contributed by atoms with Crippen LogP contribution in [0.4, 0.5) is 0 Å². The molecule has 1 aliphatic carbocycles. The molecule has 5 nitrogen and oxygen atoms in total. The molecule has 2 heterocycles. The largest absolute Gasteiger partial charge is 0.361 e. The minimum Gasteiger partial charge on any atom is -0.361 e. The van der Waals surface area contributed by atoms with E-state index in [9.17, 15) is 4.79 Å². The number of aryl methyl sites for hydroxylation is 3. The molecule has 1 N–H and O–H groups in total. The Hall–Kier alpha value is -1.95. The Morgan fingerprint density at radius 2 is 2.16 bits per heavy atom. The quantitative estimate of drug-likeness (QED) is 0.788. The molecule has 0 aliphatic heterocycles. The Morgan fingerprint density at radius 3 is 2.84 bits per heavy atom. The van der Waals surface area contributed by atoms with Crippen LogP contribution in [0.2, 0.25) is 0 Å². The van der Waals surface area contributed by atoms with Crippen molar-refractivity contribution in [3.8, 4) is 0 Å². The van der Waals surface area contributed by atoms with Gasteiger partial charge in [0.25, 0.3) is 5.91 Å². The molecule has 1 fully saturated rings. The van der Waals surface area contributed by atoms with E-state index in [4.69, 9.17) is 4.52 Å². The van der Waals surface area contributed by atoms with Crippen molar-refractivity contribution in [2.45, 2.75) is 65.3 Å². The Labute approximate surface area is 152 Å². The van der Waals surface area contributed by atoms with Crippen LogP contribution in [0.1, 0.15) is 76.4 Å². The highest BCUT2D eigenvalue weighted by atomic mass is 32.1. The molecule has 2 aromatic heterocycles. The zero-order valence-electron chi connectivity index (χ0n) is 15.1. The van der Waals surface area contributed by atoms with Crippen LogP contribution in [0.5, 0.6) is 0 Å². The lowest BCUT2D eigenvalue weighted by atomic mass is 9.93. The number of carbonyl (C=O) groups is 1. The fourth-order valence-electron chi connectivity index (χ4n) is 2.82. The second kappa shape index (κ2) is 7.95. The van der Waals surface area contributed by atoms with Crippen LogP contribution in [-0.2, 0) is 6.42 Å². The van der Waals surface area contributed by atoms with E-state index >= 15 is 0 Å². The molecule has 1 saturated carbocycles. The number of aromatic nitrogens is 2. The van der Waals surface area contributed by atoms with Crippen molar-refractivity contribution in [3.05, 3.63) is 32.6 Å². The number of hydrogen-bond acceptors (Lipinski definition) is 5. The normalized spacial score (nSPS) is 14.8. The second-order valence-corrected chi connectivity index (χ2v) is 7.63. The van der Waals surface area contributed by atoms with Crippen molar-refractivity contribution in [2.24, 2.45) is 0 Å².